The van der Waals surface area contributed by atoms with Crippen LogP contribution in [0.4, 0.5) is 0 Å². The van der Waals surface area contributed by atoms with Gasteiger partial charge in [0.05, 0.1) is 17.6 Å². The fourth-order valence-corrected chi connectivity index (χ4v) is 1.37. The van der Waals surface area contributed by atoms with Crippen LogP contribution < -0.4 is 0 Å². The molecule has 5 heteroatoms. The van der Waals surface area contributed by atoms with Crippen LogP contribution in [0.2, 0.25) is 5.02 Å². The molecule has 0 aliphatic rings. The van der Waals surface area contributed by atoms with Crippen molar-refractivity contribution in [1.82, 2.24) is 15.0 Å². The van der Waals surface area contributed by atoms with Crippen molar-refractivity contribution in [2.45, 2.75) is 6.42 Å². The summed E-state index contributed by atoms with van der Waals surface area (Å²) >= 11 is 5.78. The van der Waals surface area contributed by atoms with Gasteiger partial charge in [0.15, 0.2) is 0 Å². The summed E-state index contributed by atoms with van der Waals surface area (Å²) in [5, 5.41) is 17.3. The number of aliphatic hydroxyl groups excluding tert-OH is 1. The topological polar surface area (TPSA) is 50.9 Å². The average molecular weight is 224 g/mol. The summed E-state index contributed by atoms with van der Waals surface area (Å²) in [6, 6.07) is 7.31. The molecule has 2 rings (SSSR count). The Kier molecular flexibility index (Phi) is 2.99. The zero-order valence-corrected chi connectivity index (χ0v) is 8.72. The highest BCUT2D eigenvalue weighted by Crippen LogP contribution is 2.12. The second-order valence-corrected chi connectivity index (χ2v) is 3.54. The lowest BCUT2D eigenvalue weighted by Gasteiger charge is -1.98. The predicted octanol–water partition coefficient (Wildman–Crippen LogP) is 1.46. The van der Waals surface area contributed by atoms with Gasteiger partial charge in [-0.3, -0.25) is 0 Å². The van der Waals surface area contributed by atoms with Crippen molar-refractivity contribution in [1.29, 1.82) is 0 Å². The molecule has 0 bridgehead atoms. The summed E-state index contributed by atoms with van der Waals surface area (Å²) in [6.07, 6.45) is 2.31. The summed E-state index contributed by atoms with van der Waals surface area (Å²) in [7, 11) is 0. The number of rotatable bonds is 3. The minimum Gasteiger partial charge on any atom is -0.396 e. The third-order valence-corrected chi connectivity index (χ3v) is 2.25. The summed E-state index contributed by atoms with van der Waals surface area (Å²) in [5.74, 6) is 0. The average Bonchev–Trinajstić information content (AvgIpc) is 2.68. The maximum atomic E-state index is 8.74. The number of aromatic nitrogens is 3. The van der Waals surface area contributed by atoms with Crippen molar-refractivity contribution in [3.05, 3.63) is 41.2 Å². The van der Waals surface area contributed by atoms with Crippen LogP contribution in [-0.2, 0) is 6.42 Å². The van der Waals surface area contributed by atoms with E-state index in [0.29, 0.717) is 11.4 Å². The van der Waals surface area contributed by atoms with Crippen molar-refractivity contribution < 1.29 is 5.11 Å². The lowest BCUT2D eigenvalue weighted by atomic mass is 10.3. The molecule has 0 fully saturated rings. The maximum absolute atomic E-state index is 8.74. The van der Waals surface area contributed by atoms with E-state index in [2.05, 4.69) is 10.3 Å². The van der Waals surface area contributed by atoms with Gasteiger partial charge in [-0.25, -0.2) is 4.68 Å². The molecule has 0 spiro atoms. The third-order valence-electron chi connectivity index (χ3n) is 2.00. The highest BCUT2D eigenvalue weighted by atomic mass is 35.5. The largest absolute Gasteiger partial charge is 0.396 e. The first-order valence-electron chi connectivity index (χ1n) is 4.57. The van der Waals surface area contributed by atoms with Crippen molar-refractivity contribution in [3.8, 4) is 5.69 Å². The molecule has 2 aromatic rings. The number of hydrogen-bond donors (Lipinski definition) is 1. The van der Waals surface area contributed by atoms with Crippen molar-refractivity contribution in [2.24, 2.45) is 0 Å². The molecule has 1 aromatic heterocycles. The van der Waals surface area contributed by atoms with Gasteiger partial charge in [-0.1, -0.05) is 16.8 Å². The van der Waals surface area contributed by atoms with Crippen LogP contribution in [0, 0.1) is 0 Å². The maximum Gasteiger partial charge on any atom is 0.0854 e. The standard InChI is InChI=1S/C10H10ClN3O/c11-8-1-3-10(4-2-8)14-7-9(5-6-15)12-13-14/h1-4,7,15H,5-6H2. The zero-order chi connectivity index (χ0) is 10.7. The van der Waals surface area contributed by atoms with E-state index in [0.717, 1.165) is 11.4 Å². The molecule has 0 saturated heterocycles. The van der Waals surface area contributed by atoms with Gasteiger partial charge in [0.2, 0.25) is 0 Å². The Morgan fingerprint density at radius 1 is 1.27 bits per heavy atom. The number of aliphatic hydroxyl groups is 1. The Bertz CT molecular complexity index is 438. The van der Waals surface area contributed by atoms with Gasteiger partial charge in [0, 0.05) is 18.1 Å². The number of benzene rings is 1. The quantitative estimate of drug-likeness (QED) is 0.857. The van der Waals surface area contributed by atoms with Crippen LogP contribution in [0.5, 0.6) is 0 Å². The Balaban J connectivity index is 2.25. The molecule has 0 unspecified atom stereocenters. The Labute approximate surface area is 92.1 Å². The van der Waals surface area contributed by atoms with E-state index < -0.39 is 0 Å². The second-order valence-electron chi connectivity index (χ2n) is 3.10. The van der Waals surface area contributed by atoms with E-state index in [1.54, 1.807) is 23.0 Å². The Morgan fingerprint density at radius 2 is 2.00 bits per heavy atom. The predicted molar refractivity (Wildman–Crippen MR) is 57.2 cm³/mol. The van der Waals surface area contributed by atoms with Gasteiger partial charge in [0.25, 0.3) is 0 Å². The molecule has 0 atom stereocenters. The molecule has 4 nitrogen and oxygen atoms in total. The van der Waals surface area contributed by atoms with Crippen LogP contribution in [-0.4, -0.2) is 26.7 Å². The molecule has 0 aliphatic heterocycles. The van der Waals surface area contributed by atoms with Crippen LogP contribution in [0.15, 0.2) is 30.5 Å². The van der Waals surface area contributed by atoms with Gasteiger partial charge in [-0.15, -0.1) is 5.10 Å². The van der Waals surface area contributed by atoms with E-state index in [-0.39, 0.29) is 6.61 Å². The molecule has 1 heterocycles. The summed E-state index contributed by atoms with van der Waals surface area (Å²) in [4.78, 5) is 0. The van der Waals surface area contributed by atoms with Crippen LogP contribution in [0.25, 0.3) is 5.69 Å². The fourth-order valence-electron chi connectivity index (χ4n) is 1.25. The fraction of sp³-hybridized carbons (Fsp3) is 0.200. The monoisotopic (exact) mass is 223 g/mol. The highest BCUT2D eigenvalue weighted by Gasteiger charge is 2.01. The number of hydrogen-bond acceptors (Lipinski definition) is 3. The number of nitrogens with zero attached hydrogens (tertiary/aromatic N) is 3. The molecular weight excluding hydrogens is 214 g/mol. The Morgan fingerprint density at radius 3 is 2.67 bits per heavy atom. The lowest BCUT2D eigenvalue weighted by molar-refractivity contribution is 0.298. The first kappa shape index (κ1) is 10.1. The first-order valence-corrected chi connectivity index (χ1v) is 4.95. The summed E-state index contributed by atoms with van der Waals surface area (Å²) in [5.41, 5.74) is 1.67. The SMILES string of the molecule is OCCc1cn(-c2ccc(Cl)cc2)nn1. The first-order chi connectivity index (χ1) is 7.29. The van der Waals surface area contributed by atoms with Crippen molar-refractivity contribution in [3.63, 3.8) is 0 Å². The van der Waals surface area contributed by atoms with E-state index in [4.69, 9.17) is 16.7 Å². The van der Waals surface area contributed by atoms with Crippen LogP contribution in [0.1, 0.15) is 5.69 Å². The molecule has 0 saturated carbocycles. The van der Waals surface area contributed by atoms with Gasteiger partial charge in [-0.05, 0) is 24.3 Å². The zero-order valence-electron chi connectivity index (χ0n) is 7.97. The molecule has 0 radical (unpaired) electrons. The van der Waals surface area contributed by atoms with Gasteiger partial charge in [-0.2, -0.15) is 0 Å². The summed E-state index contributed by atoms with van der Waals surface area (Å²) < 4.78 is 1.65. The van der Waals surface area contributed by atoms with Crippen LogP contribution >= 0.6 is 11.6 Å². The molecule has 1 N–H and O–H groups in total. The van der Waals surface area contributed by atoms with E-state index in [1.165, 1.54) is 0 Å². The van der Waals surface area contributed by atoms with E-state index >= 15 is 0 Å². The molecule has 78 valence electrons. The normalized spacial score (nSPS) is 10.5. The molecule has 0 amide bonds. The van der Waals surface area contributed by atoms with Crippen LogP contribution in [0.3, 0.4) is 0 Å². The Hall–Kier alpha value is -1.39. The van der Waals surface area contributed by atoms with Gasteiger partial charge < -0.3 is 5.11 Å². The molecular formula is C10H10ClN3O. The molecule has 0 aliphatic carbocycles. The van der Waals surface area contributed by atoms with Gasteiger partial charge >= 0.3 is 0 Å². The third kappa shape index (κ3) is 2.34. The number of halogens is 1. The van der Waals surface area contributed by atoms with E-state index in [1.807, 2.05) is 12.1 Å². The molecule has 1 aromatic carbocycles. The highest BCUT2D eigenvalue weighted by molar-refractivity contribution is 6.30. The van der Waals surface area contributed by atoms with Crippen molar-refractivity contribution >= 4 is 11.6 Å². The smallest absolute Gasteiger partial charge is 0.0854 e. The minimum absolute atomic E-state index is 0.0826. The van der Waals surface area contributed by atoms with Gasteiger partial charge in [0.1, 0.15) is 0 Å². The van der Waals surface area contributed by atoms with Crippen molar-refractivity contribution in [2.75, 3.05) is 6.61 Å². The second kappa shape index (κ2) is 4.42. The molecule has 15 heavy (non-hydrogen) atoms. The minimum atomic E-state index is 0.0826. The lowest BCUT2D eigenvalue weighted by Crippen LogP contribution is -1.93. The van der Waals surface area contributed by atoms with E-state index in [9.17, 15) is 0 Å². The summed E-state index contributed by atoms with van der Waals surface area (Å²) in [6.45, 7) is 0.0826.